The molecule has 0 saturated heterocycles. The van der Waals surface area contributed by atoms with Crippen LogP contribution in [0.1, 0.15) is 18.1 Å². The van der Waals surface area contributed by atoms with Gasteiger partial charge in [0, 0.05) is 19.8 Å². The highest BCUT2D eigenvalue weighted by molar-refractivity contribution is 5.90. The molecule has 2 aromatic rings. The van der Waals surface area contributed by atoms with Crippen molar-refractivity contribution < 1.29 is 24.6 Å². The van der Waals surface area contributed by atoms with Gasteiger partial charge in [0.25, 0.3) is 0 Å². The lowest BCUT2D eigenvalue weighted by atomic mass is 10.0. The molecule has 7 nitrogen and oxygen atoms in total. The topological polar surface area (TPSA) is 116 Å². The lowest BCUT2D eigenvalue weighted by Crippen LogP contribution is -2.52. The second kappa shape index (κ2) is 9.38. The van der Waals surface area contributed by atoms with Gasteiger partial charge in [0.05, 0.1) is 0 Å². The highest BCUT2D eigenvalue weighted by Crippen LogP contribution is 2.12. The van der Waals surface area contributed by atoms with E-state index in [-0.39, 0.29) is 24.5 Å². The quantitative estimate of drug-likeness (QED) is 0.558. The number of aromatic hydroxyl groups is 1. The Labute approximate surface area is 157 Å². The summed E-state index contributed by atoms with van der Waals surface area (Å²) in [7, 11) is 0. The van der Waals surface area contributed by atoms with E-state index in [0.29, 0.717) is 5.56 Å². The van der Waals surface area contributed by atoms with Crippen LogP contribution in [0.25, 0.3) is 0 Å². The number of hydrogen-bond donors (Lipinski definition) is 4. The van der Waals surface area contributed by atoms with Gasteiger partial charge in [-0.15, -0.1) is 0 Å². The maximum Gasteiger partial charge on any atom is 0.326 e. The summed E-state index contributed by atoms with van der Waals surface area (Å²) in [5, 5.41) is 23.8. The highest BCUT2D eigenvalue weighted by atomic mass is 16.4. The van der Waals surface area contributed by atoms with Crippen molar-refractivity contribution in [1.29, 1.82) is 0 Å². The molecule has 0 saturated carbocycles. The normalized spacial score (nSPS) is 12.6. The van der Waals surface area contributed by atoms with E-state index in [4.69, 9.17) is 0 Å². The standard InChI is InChI=1S/C20H22N2O5/c1-13(23)21-17(11-14-5-3-2-4-6-14)19(25)22-18(20(26)27)12-15-7-9-16(24)10-8-15/h2-10,17-18,24H,11-12H2,1H3,(H,21,23)(H,22,25)(H,26,27)/t17-,18+/m0/s1. The van der Waals surface area contributed by atoms with E-state index < -0.39 is 24.0 Å². The number of hydrogen-bond acceptors (Lipinski definition) is 4. The predicted molar refractivity (Wildman–Crippen MR) is 99.1 cm³/mol. The minimum absolute atomic E-state index is 0.0550. The molecule has 2 atom stereocenters. The minimum atomic E-state index is -1.18. The molecule has 27 heavy (non-hydrogen) atoms. The van der Waals surface area contributed by atoms with Crippen LogP contribution < -0.4 is 10.6 Å². The lowest BCUT2D eigenvalue weighted by Gasteiger charge is -2.21. The van der Waals surface area contributed by atoms with Gasteiger partial charge >= 0.3 is 5.97 Å². The largest absolute Gasteiger partial charge is 0.508 e. The summed E-state index contributed by atoms with van der Waals surface area (Å²) in [6, 6.07) is 13.2. The van der Waals surface area contributed by atoms with Crippen molar-refractivity contribution in [2.45, 2.75) is 31.8 Å². The molecule has 0 aromatic heterocycles. The number of rotatable bonds is 8. The van der Waals surface area contributed by atoms with Crippen molar-refractivity contribution >= 4 is 17.8 Å². The van der Waals surface area contributed by atoms with Gasteiger partial charge in [-0.3, -0.25) is 9.59 Å². The Hall–Kier alpha value is -3.35. The summed E-state index contributed by atoms with van der Waals surface area (Å²) < 4.78 is 0. The monoisotopic (exact) mass is 370 g/mol. The van der Waals surface area contributed by atoms with E-state index >= 15 is 0 Å². The van der Waals surface area contributed by atoms with Crippen molar-refractivity contribution in [3.05, 3.63) is 65.7 Å². The second-order valence-corrected chi connectivity index (χ2v) is 6.21. The van der Waals surface area contributed by atoms with Gasteiger partial charge in [0.15, 0.2) is 0 Å². The maximum absolute atomic E-state index is 12.6. The van der Waals surface area contributed by atoms with Crippen LogP contribution in [-0.2, 0) is 27.2 Å². The Balaban J connectivity index is 2.10. The van der Waals surface area contributed by atoms with Crippen LogP contribution in [-0.4, -0.2) is 40.1 Å². The second-order valence-electron chi connectivity index (χ2n) is 6.21. The van der Waals surface area contributed by atoms with E-state index in [2.05, 4.69) is 10.6 Å². The Bertz CT molecular complexity index is 790. The number of phenolic OH excluding ortho intramolecular Hbond substituents is 1. The average Bonchev–Trinajstić information content (AvgIpc) is 2.62. The molecule has 2 rings (SSSR count). The molecule has 7 heteroatoms. The molecule has 2 amide bonds. The zero-order chi connectivity index (χ0) is 19.8. The van der Waals surface area contributed by atoms with Gasteiger partial charge in [0.1, 0.15) is 17.8 Å². The van der Waals surface area contributed by atoms with Gasteiger partial charge < -0.3 is 20.8 Å². The number of nitrogens with one attached hydrogen (secondary N) is 2. The fourth-order valence-corrected chi connectivity index (χ4v) is 2.64. The molecule has 0 heterocycles. The molecule has 0 fully saturated rings. The zero-order valence-corrected chi connectivity index (χ0v) is 14.9. The molecule has 142 valence electrons. The summed E-state index contributed by atoms with van der Waals surface area (Å²) in [6.45, 7) is 1.30. The van der Waals surface area contributed by atoms with E-state index in [1.54, 1.807) is 12.1 Å². The molecular formula is C20H22N2O5. The van der Waals surface area contributed by atoms with Crippen LogP contribution in [0.5, 0.6) is 5.75 Å². The molecule has 0 aliphatic heterocycles. The first-order valence-corrected chi connectivity index (χ1v) is 8.47. The van der Waals surface area contributed by atoms with Crippen molar-refractivity contribution in [1.82, 2.24) is 10.6 Å². The Morgan fingerprint density at radius 3 is 1.96 bits per heavy atom. The number of carboxylic acids is 1. The number of amides is 2. The van der Waals surface area contributed by atoms with Gasteiger partial charge in [0.2, 0.25) is 11.8 Å². The van der Waals surface area contributed by atoms with E-state index in [1.165, 1.54) is 19.1 Å². The summed E-state index contributed by atoms with van der Waals surface area (Å²) in [5.74, 6) is -2.06. The van der Waals surface area contributed by atoms with Crippen LogP contribution in [0.2, 0.25) is 0 Å². The van der Waals surface area contributed by atoms with Crippen LogP contribution in [0.15, 0.2) is 54.6 Å². The van der Waals surface area contributed by atoms with Crippen LogP contribution in [0, 0.1) is 0 Å². The zero-order valence-electron chi connectivity index (χ0n) is 14.9. The Kier molecular flexibility index (Phi) is 6.93. The van der Waals surface area contributed by atoms with E-state index in [0.717, 1.165) is 5.56 Å². The van der Waals surface area contributed by atoms with Gasteiger partial charge in [-0.2, -0.15) is 0 Å². The Morgan fingerprint density at radius 1 is 0.852 bits per heavy atom. The average molecular weight is 370 g/mol. The fourth-order valence-electron chi connectivity index (χ4n) is 2.64. The number of carbonyl (C=O) groups excluding carboxylic acids is 2. The summed E-state index contributed by atoms with van der Waals surface area (Å²) in [6.07, 6.45) is 0.303. The first kappa shape index (κ1) is 20.0. The van der Waals surface area contributed by atoms with Crippen LogP contribution in [0.4, 0.5) is 0 Å². The molecule has 0 spiro atoms. The SMILES string of the molecule is CC(=O)N[C@@H](Cc1ccccc1)C(=O)N[C@H](Cc1ccc(O)cc1)C(=O)O. The van der Waals surface area contributed by atoms with Crippen molar-refractivity contribution in [3.8, 4) is 5.75 Å². The molecule has 4 N–H and O–H groups in total. The maximum atomic E-state index is 12.6. The summed E-state index contributed by atoms with van der Waals surface area (Å²) in [5.41, 5.74) is 1.50. The third kappa shape index (κ3) is 6.47. The fraction of sp³-hybridized carbons (Fsp3) is 0.250. The molecule has 0 radical (unpaired) electrons. The molecule has 0 unspecified atom stereocenters. The molecule has 0 aliphatic carbocycles. The number of carbonyl (C=O) groups is 3. The first-order chi connectivity index (χ1) is 12.8. The van der Waals surface area contributed by atoms with Crippen molar-refractivity contribution in [2.24, 2.45) is 0 Å². The third-order valence-corrected chi connectivity index (χ3v) is 3.97. The Morgan fingerprint density at radius 2 is 1.41 bits per heavy atom. The van der Waals surface area contributed by atoms with Crippen LogP contribution in [0.3, 0.4) is 0 Å². The molecule has 0 bridgehead atoms. The molecule has 0 aliphatic rings. The van der Waals surface area contributed by atoms with E-state index in [9.17, 15) is 24.6 Å². The van der Waals surface area contributed by atoms with Gasteiger partial charge in [-0.1, -0.05) is 42.5 Å². The number of benzene rings is 2. The predicted octanol–water partition coefficient (Wildman–Crippen LogP) is 1.25. The lowest BCUT2D eigenvalue weighted by molar-refractivity contribution is -0.142. The molecular weight excluding hydrogens is 348 g/mol. The van der Waals surface area contributed by atoms with Crippen LogP contribution >= 0.6 is 0 Å². The van der Waals surface area contributed by atoms with Gasteiger partial charge in [-0.25, -0.2) is 4.79 Å². The number of carboxylic acid groups (broad SMARTS) is 1. The first-order valence-electron chi connectivity index (χ1n) is 8.47. The number of phenols is 1. The summed E-state index contributed by atoms with van der Waals surface area (Å²) in [4.78, 5) is 35.6. The smallest absolute Gasteiger partial charge is 0.326 e. The van der Waals surface area contributed by atoms with E-state index in [1.807, 2.05) is 30.3 Å². The van der Waals surface area contributed by atoms with Gasteiger partial charge in [-0.05, 0) is 23.3 Å². The minimum Gasteiger partial charge on any atom is -0.508 e. The number of aliphatic carboxylic acids is 1. The highest BCUT2D eigenvalue weighted by Gasteiger charge is 2.26. The van der Waals surface area contributed by atoms with Crippen molar-refractivity contribution in [2.75, 3.05) is 0 Å². The third-order valence-electron chi connectivity index (χ3n) is 3.97. The molecule has 2 aromatic carbocycles. The van der Waals surface area contributed by atoms with Crippen molar-refractivity contribution in [3.63, 3.8) is 0 Å². The summed E-state index contributed by atoms with van der Waals surface area (Å²) >= 11 is 0.